The molecule has 3 rings (SSSR count). The molecule has 0 saturated carbocycles. The molecule has 0 aliphatic heterocycles. The number of nitrogens with zero attached hydrogens (tertiary/aromatic N) is 4. The molecule has 2 heterocycles. The number of ether oxygens (including phenoxy) is 1. The number of hydrogen-bond donors (Lipinski definition) is 2. The van der Waals surface area contributed by atoms with Crippen LogP contribution in [0.4, 0.5) is 24.0 Å². The topological polar surface area (TPSA) is 111 Å². The second kappa shape index (κ2) is 9.34. The number of thioether (sulfide) groups is 1. The fourth-order valence-corrected chi connectivity index (χ4v) is 3.87. The van der Waals surface area contributed by atoms with Crippen LogP contribution < -0.4 is 15.4 Å². The maximum absolute atomic E-state index is 12.6. The summed E-state index contributed by atoms with van der Waals surface area (Å²) in [6.45, 7) is 0. The molecule has 3 aromatic rings. The molecule has 0 spiro atoms. The minimum atomic E-state index is -4.44. The van der Waals surface area contributed by atoms with E-state index in [0.717, 1.165) is 35.2 Å². The van der Waals surface area contributed by atoms with Gasteiger partial charge in [0.15, 0.2) is 4.34 Å². The van der Waals surface area contributed by atoms with Gasteiger partial charge in [0.1, 0.15) is 5.56 Å². The van der Waals surface area contributed by atoms with Gasteiger partial charge in [0.25, 0.3) is 5.91 Å². The molecule has 0 aliphatic carbocycles. The largest absolute Gasteiger partial charge is 0.479 e. The lowest BCUT2D eigenvalue weighted by Crippen LogP contribution is -2.14. The Labute approximate surface area is 182 Å². The first-order chi connectivity index (χ1) is 14.7. The van der Waals surface area contributed by atoms with Crippen LogP contribution in [0.2, 0.25) is 0 Å². The highest BCUT2D eigenvalue weighted by atomic mass is 32.2. The Balaban J connectivity index is 1.51. The molecule has 2 N–H and O–H groups in total. The number of aromatic nitrogens is 4. The lowest BCUT2D eigenvalue weighted by molar-refractivity contribution is -0.137. The number of nitrogens with one attached hydrogen (secondary N) is 2. The van der Waals surface area contributed by atoms with Crippen molar-refractivity contribution in [3.63, 3.8) is 0 Å². The summed E-state index contributed by atoms with van der Waals surface area (Å²) in [5, 5.41) is 17.0. The molecule has 164 valence electrons. The molecule has 0 radical (unpaired) electrons. The smallest absolute Gasteiger partial charge is 0.416 e. The molecule has 14 heteroatoms. The first kappa shape index (κ1) is 22.6. The van der Waals surface area contributed by atoms with Gasteiger partial charge in [-0.3, -0.25) is 19.6 Å². The van der Waals surface area contributed by atoms with Crippen LogP contribution in [0.3, 0.4) is 0 Å². The van der Waals surface area contributed by atoms with Gasteiger partial charge in [-0.1, -0.05) is 23.1 Å². The molecule has 9 nitrogen and oxygen atoms in total. The van der Waals surface area contributed by atoms with E-state index in [1.165, 1.54) is 30.1 Å². The van der Waals surface area contributed by atoms with E-state index in [2.05, 4.69) is 25.9 Å². The van der Waals surface area contributed by atoms with E-state index >= 15 is 0 Å². The predicted molar refractivity (Wildman–Crippen MR) is 108 cm³/mol. The fourth-order valence-electron chi connectivity index (χ4n) is 2.32. The lowest BCUT2D eigenvalue weighted by Gasteiger charge is -2.08. The summed E-state index contributed by atoms with van der Waals surface area (Å²) >= 11 is 2.14. The molecule has 0 atom stereocenters. The number of halogens is 3. The van der Waals surface area contributed by atoms with Crippen molar-refractivity contribution in [2.75, 3.05) is 23.5 Å². The summed E-state index contributed by atoms with van der Waals surface area (Å²) in [5.74, 6) is -0.776. The van der Waals surface area contributed by atoms with E-state index in [1.807, 2.05) is 0 Å². The summed E-state index contributed by atoms with van der Waals surface area (Å²) in [6, 6.07) is 4.13. The summed E-state index contributed by atoms with van der Waals surface area (Å²) in [4.78, 5) is 24.3. The van der Waals surface area contributed by atoms with Crippen LogP contribution in [0.1, 0.15) is 15.9 Å². The first-order valence-electron chi connectivity index (χ1n) is 8.48. The Hall–Kier alpha value is -3.13. The van der Waals surface area contributed by atoms with E-state index < -0.39 is 23.6 Å². The SMILES string of the molecule is COc1nn(C)cc1C(=O)Nc1nnc(SCC(=O)Nc2ccc(C(F)(F)F)cc2)s1. The Bertz CT molecular complexity index is 1080. The van der Waals surface area contributed by atoms with Gasteiger partial charge in [-0.05, 0) is 24.3 Å². The van der Waals surface area contributed by atoms with Gasteiger partial charge in [-0.25, -0.2) is 0 Å². The number of alkyl halides is 3. The van der Waals surface area contributed by atoms with E-state index in [0.29, 0.717) is 4.34 Å². The van der Waals surface area contributed by atoms with Crippen LogP contribution in [-0.2, 0) is 18.0 Å². The van der Waals surface area contributed by atoms with Crippen molar-refractivity contribution in [1.29, 1.82) is 0 Å². The van der Waals surface area contributed by atoms with Crippen LogP contribution in [0.5, 0.6) is 5.88 Å². The van der Waals surface area contributed by atoms with Crippen LogP contribution in [0.15, 0.2) is 34.8 Å². The van der Waals surface area contributed by atoms with Crippen molar-refractivity contribution in [1.82, 2.24) is 20.0 Å². The van der Waals surface area contributed by atoms with Crippen molar-refractivity contribution in [3.8, 4) is 5.88 Å². The second-order valence-corrected chi connectivity index (χ2v) is 8.16. The number of methoxy groups -OCH3 is 1. The Morgan fingerprint density at radius 2 is 1.90 bits per heavy atom. The van der Waals surface area contributed by atoms with Crippen molar-refractivity contribution in [2.24, 2.45) is 7.05 Å². The van der Waals surface area contributed by atoms with Crippen molar-refractivity contribution >= 4 is 45.7 Å². The van der Waals surface area contributed by atoms with E-state index in [9.17, 15) is 22.8 Å². The standard InChI is InChI=1S/C17H15F3N6O3S2/c1-26-7-11(14(25-26)29-2)13(28)22-15-23-24-16(31-15)30-8-12(27)21-10-5-3-9(4-6-10)17(18,19)20/h3-7H,8H2,1-2H3,(H,21,27)(H,22,23,28). The molecule has 0 aliphatic rings. The number of amides is 2. The van der Waals surface area contributed by atoms with Gasteiger partial charge < -0.3 is 10.1 Å². The highest BCUT2D eigenvalue weighted by molar-refractivity contribution is 8.01. The average Bonchev–Trinajstić information content (AvgIpc) is 3.32. The monoisotopic (exact) mass is 472 g/mol. The minimum Gasteiger partial charge on any atom is -0.479 e. The summed E-state index contributed by atoms with van der Waals surface area (Å²) in [6.07, 6.45) is -2.94. The van der Waals surface area contributed by atoms with Gasteiger partial charge in [-0.2, -0.15) is 13.2 Å². The highest BCUT2D eigenvalue weighted by Gasteiger charge is 2.30. The summed E-state index contributed by atoms with van der Waals surface area (Å²) in [7, 11) is 3.04. The molecule has 1 aromatic carbocycles. The Kier molecular flexibility index (Phi) is 6.80. The third-order valence-corrected chi connectivity index (χ3v) is 5.65. The van der Waals surface area contributed by atoms with E-state index in [-0.39, 0.29) is 28.0 Å². The zero-order valence-corrected chi connectivity index (χ0v) is 17.7. The zero-order valence-electron chi connectivity index (χ0n) is 16.1. The highest BCUT2D eigenvalue weighted by Crippen LogP contribution is 2.30. The van der Waals surface area contributed by atoms with Gasteiger partial charge >= 0.3 is 6.18 Å². The predicted octanol–water partition coefficient (Wildman–Crippen LogP) is 3.28. The van der Waals surface area contributed by atoms with Crippen LogP contribution >= 0.6 is 23.1 Å². The number of hydrogen-bond acceptors (Lipinski definition) is 8. The Morgan fingerprint density at radius 1 is 1.19 bits per heavy atom. The van der Waals surface area contributed by atoms with Gasteiger partial charge in [-0.15, -0.1) is 15.3 Å². The third kappa shape index (κ3) is 5.95. The second-order valence-electron chi connectivity index (χ2n) is 5.96. The molecule has 0 unspecified atom stereocenters. The fraction of sp³-hybridized carbons (Fsp3) is 0.235. The molecule has 0 fully saturated rings. The van der Waals surface area contributed by atoms with Crippen molar-refractivity contribution < 1.29 is 27.5 Å². The minimum absolute atomic E-state index is 0.0416. The maximum atomic E-state index is 12.6. The number of rotatable bonds is 7. The maximum Gasteiger partial charge on any atom is 0.416 e. The molecular weight excluding hydrogens is 457 g/mol. The lowest BCUT2D eigenvalue weighted by atomic mass is 10.2. The third-order valence-electron chi connectivity index (χ3n) is 3.68. The Morgan fingerprint density at radius 3 is 2.55 bits per heavy atom. The van der Waals surface area contributed by atoms with Crippen molar-refractivity contribution in [2.45, 2.75) is 10.5 Å². The van der Waals surface area contributed by atoms with Gasteiger partial charge in [0, 0.05) is 18.9 Å². The van der Waals surface area contributed by atoms with Gasteiger partial charge in [0.2, 0.25) is 16.9 Å². The molecule has 2 amide bonds. The average molecular weight is 472 g/mol. The summed E-state index contributed by atoms with van der Waals surface area (Å²) < 4.78 is 44.6. The number of benzene rings is 1. The molecule has 31 heavy (non-hydrogen) atoms. The van der Waals surface area contributed by atoms with Crippen molar-refractivity contribution in [3.05, 3.63) is 41.6 Å². The first-order valence-corrected chi connectivity index (χ1v) is 10.3. The van der Waals surface area contributed by atoms with Crippen LogP contribution in [0.25, 0.3) is 0 Å². The number of anilines is 2. The quantitative estimate of drug-likeness (QED) is 0.401. The van der Waals surface area contributed by atoms with Crippen LogP contribution in [-0.4, -0.2) is 44.7 Å². The molecule has 0 bridgehead atoms. The molecule has 0 saturated heterocycles. The van der Waals surface area contributed by atoms with E-state index in [1.54, 1.807) is 7.05 Å². The van der Waals surface area contributed by atoms with Crippen LogP contribution in [0, 0.1) is 0 Å². The number of carbonyl (C=O) groups is 2. The normalized spacial score (nSPS) is 11.3. The molecule has 2 aromatic heterocycles. The van der Waals surface area contributed by atoms with Gasteiger partial charge in [0.05, 0.1) is 18.4 Å². The summed E-state index contributed by atoms with van der Waals surface area (Å²) in [5.41, 5.74) is -0.327. The molecular formula is C17H15F3N6O3S2. The number of aryl methyl sites for hydroxylation is 1. The number of carbonyl (C=O) groups excluding carboxylic acids is 2. The zero-order chi connectivity index (χ0) is 22.6. The van der Waals surface area contributed by atoms with E-state index in [4.69, 9.17) is 4.74 Å².